The van der Waals surface area contributed by atoms with E-state index in [1.165, 1.54) is 7.11 Å². The Kier molecular flexibility index (Phi) is 11.7. The van der Waals surface area contributed by atoms with Gasteiger partial charge >= 0.3 is 6.09 Å². The summed E-state index contributed by atoms with van der Waals surface area (Å²) in [4.78, 5) is 62.7. The van der Waals surface area contributed by atoms with E-state index in [0.29, 0.717) is 6.54 Å². The second-order valence-corrected chi connectivity index (χ2v) is 15.7. The van der Waals surface area contributed by atoms with E-state index in [1.807, 2.05) is 40.4 Å². The zero-order chi connectivity index (χ0) is 40.2. The van der Waals surface area contributed by atoms with Crippen LogP contribution in [0.15, 0.2) is 91.3 Å². The number of carbonyl (C=O) groups excluding carboxylic acids is 3. The summed E-state index contributed by atoms with van der Waals surface area (Å²) in [5.41, 5.74) is 7.11. The number of ether oxygens (including phenoxy) is 1. The van der Waals surface area contributed by atoms with Crippen LogP contribution in [-0.2, 0) is 14.3 Å². The van der Waals surface area contributed by atoms with Crippen LogP contribution < -0.4 is 5.32 Å². The topological polar surface area (TPSA) is 140 Å². The molecule has 1 saturated carbocycles. The first kappa shape index (κ1) is 39.1. The fraction of sp³-hybridized carbons (Fsp3) is 0.413. The predicted octanol–water partition coefficient (Wildman–Crippen LogP) is 8.07. The number of aromatic nitrogens is 4. The normalized spacial score (nSPS) is 21.1. The second kappa shape index (κ2) is 17.4. The Morgan fingerprint density at radius 3 is 1.81 bits per heavy atom. The van der Waals surface area contributed by atoms with Crippen molar-refractivity contribution < 1.29 is 19.1 Å². The molecule has 4 heterocycles. The summed E-state index contributed by atoms with van der Waals surface area (Å²) < 4.78 is 4.80. The van der Waals surface area contributed by atoms with Gasteiger partial charge in [-0.2, -0.15) is 0 Å². The van der Waals surface area contributed by atoms with Gasteiger partial charge < -0.3 is 29.8 Å². The average Bonchev–Trinajstić information content (AvgIpc) is 4.12. The summed E-state index contributed by atoms with van der Waals surface area (Å²) in [5.74, 6) is 1.59. The number of H-pyrrole nitrogens is 2. The van der Waals surface area contributed by atoms with E-state index >= 15 is 0 Å². The number of imidazole rings is 2. The zero-order valence-corrected chi connectivity index (χ0v) is 33.7. The summed E-state index contributed by atoms with van der Waals surface area (Å²) in [6.45, 7) is 7.22. The summed E-state index contributed by atoms with van der Waals surface area (Å²) >= 11 is 0. The molecule has 8 rings (SSSR count). The Bertz CT molecular complexity index is 2180. The van der Waals surface area contributed by atoms with Crippen LogP contribution in [0.25, 0.3) is 33.6 Å². The number of likely N-dealkylation sites (N-methyl/N-ethyl adjacent to an activating group) is 1. The van der Waals surface area contributed by atoms with Crippen LogP contribution in [0.5, 0.6) is 0 Å². The summed E-state index contributed by atoms with van der Waals surface area (Å²) in [5, 5.41) is 2.87. The molecule has 0 bridgehead atoms. The van der Waals surface area contributed by atoms with Crippen LogP contribution in [-0.4, -0.2) is 91.9 Å². The molecule has 0 radical (unpaired) electrons. The average molecular weight is 783 g/mol. The maximum Gasteiger partial charge on any atom is 0.407 e. The summed E-state index contributed by atoms with van der Waals surface area (Å²) in [7, 11) is 1.35. The highest BCUT2D eigenvalue weighted by molar-refractivity contribution is 5.84. The van der Waals surface area contributed by atoms with Gasteiger partial charge in [-0.1, -0.05) is 99.1 Å². The van der Waals surface area contributed by atoms with Gasteiger partial charge in [0, 0.05) is 19.1 Å². The van der Waals surface area contributed by atoms with Crippen LogP contribution >= 0.6 is 0 Å². The second-order valence-electron chi connectivity index (χ2n) is 15.7. The van der Waals surface area contributed by atoms with Crippen LogP contribution in [0.1, 0.15) is 94.1 Å². The Hall–Kier alpha value is -5.75. The minimum atomic E-state index is -0.490. The van der Waals surface area contributed by atoms with E-state index in [0.717, 1.165) is 115 Å². The highest BCUT2D eigenvalue weighted by Gasteiger charge is 2.42. The number of hydrogen-bond donors (Lipinski definition) is 3. The van der Waals surface area contributed by atoms with E-state index in [-0.39, 0.29) is 41.9 Å². The summed E-state index contributed by atoms with van der Waals surface area (Å²) in [6.07, 6.45) is 9.26. The van der Waals surface area contributed by atoms with Crippen molar-refractivity contribution in [1.82, 2.24) is 40.0 Å². The van der Waals surface area contributed by atoms with Crippen LogP contribution in [0.4, 0.5) is 4.79 Å². The van der Waals surface area contributed by atoms with Gasteiger partial charge in [0.2, 0.25) is 11.8 Å². The first-order chi connectivity index (χ1) is 28.4. The number of benzene rings is 3. The fourth-order valence-electron chi connectivity index (χ4n) is 9.36. The van der Waals surface area contributed by atoms with E-state index < -0.39 is 6.09 Å². The molecule has 12 heteroatoms. The monoisotopic (exact) mass is 782 g/mol. The number of hydrogen-bond acceptors (Lipinski definition) is 7. The molecule has 3 amide bonds. The number of aromatic amines is 2. The molecule has 2 aliphatic heterocycles. The number of nitrogens with zero attached hydrogens (tertiary/aromatic N) is 5. The molecule has 58 heavy (non-hydrogen) atoms. The molecule has 5 atom stereocenters. The van der Waals surface area contributed by atoms with Gasteiger partial charge in [0.1, 0.15) is 17.7 Å². The number of amides is 3. The van der Waals surface area contributed by atoms with Crippen molar-refractivity contribution in [3.63, 3.8) is 0 Å². The molecule has 5 aromatic rings. The van der Waals surface area contributed by atoms with Crippen molar-refractivity contribution in [2.45, 2.75) is 83.0 Å². The van der Waals surface area contributed by atoms with Gasteiger partial charge in [-0.25, -0.2) is 14.8 Å². The molecular formula is C46H54N8O4. The molecule has 2 aromatic heterocycles. The first-order valence-corrected chi connectivity index (χ1v) is 20.9. The lowest BCUT2D eigenvalue weighted by Gasteiger charge is -2.34. The third kappa shape index (κ3) is 7.90. The largest absolute Gasteiger partial charge is 0.453 e. The molecule has 3 N–H and O–H groups in total. The van der Waals surface area contributed by atoms with Crippen molar-refractivity contribution in [3.05, 3.63) is 108 Å². The lowest BCUT2D eigenvalue weighted by atomic mass is 10.0. The fourth-order valence-corrected chi connectivity index (χ4v) is 9.36. The number of likely N-dealkylation sites (tertiary alicyclic amines) is 2. The van der Waals surface area contributed by atoms with Gasteiger partial charge in [0.15, 0.2) is 0 Å². The third-order valence-corrected chi connectivity index (χ3v) is 12.5. The van der Waals surface area contributed by atoms with E-state index in [4.69, 9.17) is 14.7 Å². The molecular weight excluding hydrogens is 729 g/mol. The van der Waals surface area contributed by atoms with E-state index in [1.54, 1.807) is 0 Å². The smallest absolute Gasteiger partial charge is 0.407 e. The Morgan fingerprint density at radius 1 is 0.724 bits per heavy atom. The van der Waals surface area contributed by atoms with Gasteiger partial charge in [-0.3, -0.25) is 14.5 Å². The molecule has 2 saturated heterocycles. The standard InChI is InChI=1S/C46H54N8O4/c1-4-52(5-2)41(34-12-7-6-8-13-34)45(56)54-27-11-17-40(54)43-48-29-38(50-43)33-24-20-31(21-25-33)30-18-22-32(23-19-30)37-28-47-42(49-37)39-16-10-26-53(39)44(55)35-14-9-15-36(35)51-46(57)58-3/h6-8,12-13,18-25,28-29,35-36,39-41H,4-5,9-11,14-17,26-27H2,1-3H3,(H,47,49)(H,48,50)(H,51,57)/t35?,36?,39-,40-,41+/m0/s1. The molecule has 3 aliphatic rings. The van der Waals surface area contributed by atoms with Crippen molar-refractivity contribution in [1.29, 1.82) is 0 Å². The van der Waals surface area contributed by atoms with Crippen molar-refractivity contribution in [2.24, 2.45) is 5.92 Å². The van der Waals surface area contributed by atoms with E-state index in [2.05, 4.69) is 94.7 Å². The van der Waals surface area contributed by atoms with E-state index in [9.17, 15) is 14.4 Å². The Balaban J connectivity index is 0.918. The van der Waals surface area contributed by atoms with Crippen LogP contribution in [0.2, 0.25) is 0 Å². The number of rotatable bonds is 12. The van der Waals surface area contributed by atoms with Gasteiger partial charge in [0.25, 0.3) is 0 Å². The van der Waals surface area contributed by atoms with Gasteiger partial charge in [-0.15, -0.1) is 0 Å². The third-order valence-electron chi connectivity index (χ3n) is 12.5. The Morgan fingerprint density at radius 2 is 1.26 bits per heavy atom. The number of alkyl carbamates (subject to hydrolysis) is 1. The highest BCUT2D eigenvalue weighted by Crippen LogP contribution is 2.38. The zero-order valence-electron chi connectivity index (χ0n) is 33.7. The Labute approximate surface area is 340 Å². The molecule has 2 unspecified atom stereocenters. The first-order valence-electron chi connectivity index (χ1n) is 20.9. The van der Waals surface area contributed by atoms with Gasteiger partial charge in [0.05, 0.1) is 48.9 Å². The summed E-state index contributed by atoms with van der Waals surface area (Å²) in [6, 6.07) is 26.3. The van der Waals surface area contributed by atoms with Crippen molar-refractivity contribution >= 4 is 17.9 Å². The minimum Gasteiger partial charge on any atom is -0.453 e. The van der Waals surface area contributed by atoms with Crippen molar-refractivity contribution in [2.75, 3.05) is 33.3 Å². The minimum absolute atomic E-state index is 0.0817. The number of carbonyl (C=O) groups is 3. The van der Waals surface area contributed by atoms with Crippen LogP contribution in [0.3, 0.4) is 0 Å². The lowest BCUT2D eigenvalue weighted by molar-refractivity contribution is -0.138. The quantitative estimate of drug-likeness (QED) is 0.116. The molecule has 0 spiro atoms. The maximum atomic E-state index is 14.2. The molecule has 3 fully saturated rings. The van der Waals surface area contributed by atoms with Crippen molar-refractivity contribution in [3.8, 4) is 33.6 Å². The molecule has 302 valence electrons. The maximum absolute atomic E-state index is 14.2. The molecule has 3 aromatic carbocycles. The SMILES string of the molecule is CCN(CC)[C@@H](C(=O)N1CCC[C@H]1c1ncc(-c2ccc(-c3ccc(-c4cnc([C@@H]5CCCN5C(=O)C5CCCC5NC(=O)OC)[nH]4)cc3)cc2)[nH]1)c1ccccc1. The number of methoxy groups -OCH3 is 1. The molecule has 12 nitrogen and oxygen atoms in total. The lowest BCUT2D eigenvalue weighted by Crippen LogP contribution is -2.45. The van der Waals surface area contributed by atoms with Crippen LogP contribution in [0, 0.1) is 5.92 Å². The highest BCUT2D eigenvalue weighted by atomic mass is 16.5. The predicted molar refractivity (Wildman–Crippen MR) is 223 cm³/mol. The number of nitrogens with one attached hydrogen (secondary N) is 3. The molecule has 1 aliphatic carbocycles. The van der Waals surface area contributed by atoms with Gasteiger partial charge in [-0.05, 0) is 79.4 Å².